The molecule has 232 valence electrons. The molecule has 0 radical (unpaired) electrons. The number of carbonyl (C=O) groups is 2. The highest BCUT2D eigenvalue weighted by molar-refractivity contribution is 5.84. The number of hydrogen-bond donors (Lipinski definition) is 1. The van der Waals surface area contributed by atoms with E-state index in [1.54, 1.807) is 0 Å². The summed E-state index contributed by atoms with van der Waals surface area (Å²) in [4.78, 5) is 37.4. The Morgan fingerprint density at radius 3 is 1.95 bits per heavy atom. The van der Waals surface area contributed by atoms with Crippen LogP contribution < -0.4 is 10.5 Å². The fourth-order valence-corrected chi connectivity index (χ4v) is 6.99. The Balaban J connectivity index is 1.29. The molecule has 8 nitrogen and oxygen atoms in total. The first kappa shape index (κ1) is 30.9. The minimum absolute atomic E-state index is 0.0805. The highest BCUT2D eigenvalue weighted by Crippen LogP contribution is 2.33. The Labute approximate surface area is 257 Å². The van der Waals surface area contributed by atoms with Gasteiger partial charge in [0, 0.05) is 57.2 Å². The van der Waals surface area contributed by atoms with E-state index in [9.17, 15) is 9.59 Å². The molecule has 1 aliphatic heterocycles. The van der Waals surface area contributed by atoms with E-state index in [2.05, 4.69) is 4.90 Å². The maximum atomic E-state index is 13.3. The Bertz CT molecular complexity index is 1210. The number of guanidine groups is 1. The Hall–Kier alpha value is -3.55. The van der Waals surface area contributed by atoms with E-state index < -0.39 is 0 Å². The molecule has 2 amide bonds. The Morgan fingerprint density at radius 1 is 0.837 bits per heavy atom. The van der Waals surface area contributed by atoms with Crippen LogP contribution in [-0.2, 0) is 16.1 Å². The number of nitrogens with zero attached hydrogens (tertiary/aromatic N) is 4. The molecule has 0 bridgehead atoms. The number of ether oxygens (including phenoxy) is 1. The molecular formula is C35H49N5O3. The summed E-state index contributed by atoms with van der Waals surface area (Å²) in [6, 6.07) is 16.2. The zero-order valence-corrected chi connectivity index (χ0v) is 26.0. The van der Waals surface area contributed by atoms with Gasteiger partial charge in [0.25, 0.3) is 0 Å². The summed E-state index contributed by atoms with van der Waals surface area (Å²) in [6.07, 6.45) is 13.7. The van der Waals surface area contributed by atoms with Crippen molar-refractivity contribution in [2.45, 2.75) is 115 Å². The van der Waals surface area contributed by atoms with Crippen LogP contribution in [0.4, 0.5) is 5.69 Å². The first-order valence-corrected chi connectivity index (χ1v) is 16.4. The van der Waals surface area contributed by atoms with Gasteiger partial charge in [-0.2, -0.15) is 0 Å². The van der Waals surface area contributed by atoms with E-state index in [0.717, 1.165) is 48.4 Å². The van der Waals surface area contributed by atoms with E-state index in [1.807, 2.05) is 72.4 Å². The predicted molar refractivity (Wildman–Crippen MR) is 171 cm³/mol. The van der Waals surface area contributed by atoms with E-state index >= 15 is 0 Å². The van der Waals surface area contributed by atoms with Crippen molar-refractivity contribution >= 4 is 23.5 Å². The summed E-state index contributed by atoms with van der Waals surface area (Å²) in [7, 11) is 3.91. The smallest absolute Gasteiger partial charge is 0.222 e. The second-order valence-corrected chi connectivity index (χ2v) is 12.6. The number of hydrogen-bond acceptors (Lipinski definition) is 6. The lowest BCUT2D eigenvalue weighted by Crippen LogP contribution is -2.47. The molecule has 5 rings (SSSR count). The van der Waals surface area contributed by atoms with Gasteiger partial charge in [0.15, 0.2) is 5.96 Å². The van der Waals surface area contributed by atoms with Crippen LogP contribution in [0.1, 0.15) is 95.5 Å². The van der Waals surface area contributed by atoms with Crippen molar-refractivity contribution < 1.29 is 14.3 Å². The predicted octanol–water partition coefficient (Wildman–Crippen LogP) is 6.75. The Morgan fingerprint density at radius 2 is 1.40 bits per heavy atom. The molecule has 2 N–H and O–H groups in total. The third-order valence-corrected chi connectivity index (χ3v) is 9.76. The SMILES string of the molecule is CN(C(=O)CCC(CCC(=O)N(C)C1CCCCC1)N1Cc2cc(Oc3ccccc3)ccc2N=C1N)C1CCCCC1. The number of para-hydroxylation sites is 1. The molecule has 43 heavy (non-hydrogen) atoms. The summed E-state index contributed by atoms with van der Waals surface area (Å²) < 4.78 is 6.09. The monoisotopic (exact) mass is 587 g/mol. The third-order valence-electron chi connectivity index (χ3n) is 9.76. The van der Waals surface area contributed by atoms with Crippen LogP contribution in [0.5, 0.6) is 11.5 Å². The van der Waals surface area contributed by atoms with Gasteiger partial charge in [0.2, 0.25) is 11.8 Å². The molecule has 0 unspecified atom stereocenters. The molecule has 1 heterocycles. The van der Waals surface area contributed by atoms with Crippen LogP contribution in [0.25, 0.3) is 0 Å². The summed E-state index contributed by atoms with van der Waals surface area (Å²) in [6.45, 7) is 0.556. The highest BCUT2D eigenvalue weighted by Gasteiger charge is 2.30. The molecule has 8 heteroatoms. The second kappa shape index (κ2) is 14.8. The van der Waals surface area contributed by atoms with Crippen molar-refractivity contribution in [3.63, 3.8) is 0 Å². The van der Waals surface area contributed by atoms with Crippen LogP contribution in [0.2, 0.25) is 0 Å². The van der Waals surface area contributed by atoms with E-state index in [0.29, 0.717) is 50.3 Å². The maximum Gasteiger partial charge on any atom is 0.222 e. The summed E-state index contributed by atoms with van der Waals surface area (Å²) in [5, 5.41) is 0. The van der Waals surface area contributed by atoms with Gasteiger partial charge in [0.05, 0.1) is 5.69 Å². The lowest BCUT2D eigenvalue weighted by atomic mass is 9.93. The Kier molecular flexibility index (Phi) is 10.6. The third kappa shape index (κ3) is 8.09. The molecule has 2 aliphatic carbocycles. The lowest BCUT2D eigenvalue weighted by molar-refractivity contribution is -0.133. The van der Waals surface area contributed by atoms with Crippen molar-refractivity contribution in [3.05, 3.63) is 54.1 Å². The second-order valence-electron chi connectivity index (χ2n) is 12.6. The first-order chi connectivity index (χ1) is 20.9. The van der Waals surface area contributed by atoms with E-state index in [1.165, 1.54) is 38.5 Å². The number of rotatable bonds is 11. The molecule has 0 spiro atoms. The summed E-state index contributed by atoms with van der Waals surface area (Å²) >= 11 is 0. The molecule has 3 aliphatic rings. The van der Waals surface area contributed by atoms with Gasteiger partial charge in [-0.3, -0.25) is 9.59 Å². The number of nitrogens with two attached hydrogens (primary N) is 1. The molecule has 2 aromatic rings. The van der Waals surface area contributed by atoms with Crippen molar-refractivity contribution in [3.8, 4) is 11.5 Å². The van der Waals surface area contributed by atoms with Crippen molar-refractivity contribution in [2.75, 3.05) is 14.1 Å². The fraction of sp³-hybridized carbons (Fsp3) is 0.571. The number of benzene rings is 2. The average molecular weight is 588 g/mol. The number of aliphatic imine (C=N–C) groups is 1. The molecule has 0 atom stereocenters. The molecular weight excluding hydrogens is 538 g/mol. The van der Waals surface area contributed by atoms with Crippen molar-refractivity contribution in [1.82, 2.24) is 14.7 Å². The fourth-order valence-electron chi connectivity index (χ4n) is 6.99. The van der Waals surface area contributed by atoms with E-state index in [4.69, 9.17) is 15.5 Å². The lowest BCUT2D eigenvalue weighted by Gasteiger charge is -2.37. The van der Waals surface area contributed by atoms with Gasteiger partial charge >= 0.3 is 0 Å². The molecule has 0 aromatic heterocycles. The maximum absolute atomic E-state index is 13.3. The molecule has 0 saturated heterocycles. The quantitative estimate of drug-likeness (QED) is 0.314. The van der Waals surface area contributed by atoms with Crippen LogP contribution >= 0.6 is 0 Å². The van der Waals surface area contributed by atoms with Crippen LogP contribution in [0, 0.1) is 0 Å². The normalized spacial score (nSPS) is 17.7. The summed E-state index contributed by atoms with van der Waals surface area (Å²) in [5.74, 6) is 2.31. The van der Waals surface area contributed by atoms with Gasteiger partial charge < -0.3 is 25.2 Å². The minimum atomic E-state index is -0.0805. The van der Waals surface area contributed by atoms with Crippen LogP contribution in [0.15, 0.2) is 53.5 Å². The van der Waals surface area contributed by atoms with Gasteiger partial charge in [-0.25, -0.2) is 4.99 Å². The standard InChI is InChI=1S/C35H49N5O3/c1-38(27-12-6-3-7-13-27)33(41)22-18-29(19-23-34(42)39(2)28-14-8-4-9-15-28)40-25-26-24-31(20-21-32(26)37-35(40)36)43-30-16-10-5-11-17-30/h5,10-11,16-17,20-21,24,27-29H,3-4,6-9,12-15,18-19,22-23,25H2,1-2H3,(H2,36,37). The first-order valence-electron chi connectivity index (χ1n) is 16.4. The van der Waals surface area contributed by atoms with Gasteiger partial charge in [-0.15, -0.1) is 0 Å². The largest absolute Gasteiger partial charge is 0.457 e. The van der Waals surface area contributed by atoms with Crippen molar-refractivity contribution in [1.29, 1.82) is 0 Å². The molecule has 2 aromatic carbocycles. The van der Waals surface area contributed by atoms with Crippen molar-refractivity contribution in [2.24, 2.45) is 10.7 Å². The topological polar surface area (TPSA) is 91.5 Å². The highest BCUT2D eigenvalue weighted by atomic mass is 16.5. The number of fused-ring (bicyclic) bond motifs is 1. The van der Waals surface area contributed by atoms with Crippen LogP contribution in [-0.4, -0.2) is 64.7 Å². The van der Waals surface area contributed by atoms with E-state index in [-0.39, 0.29) is 17.9 Å². The zero-order chi connectivity index (χ0) is 30.2. The number of amides is 2. The van der Waals surface area contributed by atoms with Crippen LogP contribution in [0.3, 0.4) is 0 Å². The number of carbonyl (C=O) groups excluding carboxylic acids is 2. The zero-order valence-electron chi connectivity index (χ0n) is 26.0. The van der Waals surface area contributed by atoms with Gasteiger partial charge in [0.1, 0.15) is 11.5 Å². The molecule has 2 fully saturated rings. The average Bonchev–Trinajstić information content (AvgIpc) is 3.05. The van der Waals surface area contributed by atoms with Gasteiger partial charge in [-0.05, 0) is 68.9 Å². The minimum Gasteiger partial charge on any atom is -0.457 e. The van der Waals surface area contributed by atoms with Gasteiger partial charge in [-0.1, -0.05) is 56.7 Å². The summed E-state index contributed by atoms with van der Waals surface area (Å²) in [5.41, 5.74) is 8.42. The molecule has 2 saturated carbocycles.